The number of fused-ring (bicyclic) bond motifs is 1. The van der Waals surface area contributed by atoms with Crippen LogP contribution in [0.2, 0.25) is 5.02 Å². The fraction of sp³-hybridized carbons (Fsp3) is 0.364. The number of carbonyl (C=O) groups excluding carboxylic acids is 3. The topological polar surface area (TPSA) is 89.0 Å². The van der Waals surface area contributed by atoms with Crippen molar-refractivity contribution < 1.29 is 23.9 Å². The molecule has 1 amide bonds. The van der Waals surface area contributed by atoms with E-state index < -0.39 is 0 Å². The summed E-state index contributed by atoms with van der Waals surface area (Å²) in [6.45, 7) is 3.07. The number of rotatable bonds is 6. The number of ether oxygens (including phenoxy) is 2. The predicted molar refractivity (Wildman–Crippen MR) is 112 cm³/mol. The van der Waals surface area contributed by atoms with Gasteiger partial charge in [0.05, 0.1) is 12.1 Å². The molecule has 162 valence electrons. The smallest absolute Gasteiger partial charge is 0.410 e. The van der Waals surface area contributed by atoms with Gasteiger partial charge in [-0.25, -0.2) is 4.79 Å². The average Bonchev–Trinajstić information content (AvgIpc) is 3.15. The molecule has 4 rings (SSSR count). The van der Waals surface area contributed by atoms with Gasteiger partial charge in [-0.05, 0) is 18.2 Å². The standard InChI is InChI=1S/C22H22ClN3O5/c23-17-3-5-24-18(13-17)14-30-22(29)26-9-7-25(8-10-26)6-4-19(27)15-1-2-16-12-21(28)31-20(16)11-15/h1-3,5,11,13H,4,6-10,12,14H2. The Morgan fingerprint density at radius 1 is 1.13 bits per heavy atom. The Kier molecular flexibility index (Phi) is 6.48. The highest BCUT2D eigenvalue weighted by Crippen LogP contribution is 2.27. The molecule has 1 fully saturated rings. The largest absolute Gasteiger partial charge is 0.443 e. The van der Waals surface area contributed by atoms with Gasteiger partial charge in [-0.1, -0.05) is 23.7 Å². The third kappa shape index (κ3) is 5.39. The Hall–Kier alpha value is -2.97. The molecule has 0 radical (unpaired) electrons. The van der Waals surface area contributed by atoms with E-state index >= 15 is 0 Å². The Labute approximate surface area is 184 Å². The Bertz CT molecular complexity index is 1000. The molecule has 0 aliphatic carbocycles. The van der Waals surface area contributed by atoms with Gasteiger partial charge in [0.15, 0.2) is 5.78 Å². The van der Waals surface area contributed by atoms with Gasteiger partial charge in [0.1, 0.15) is 12.4 Å². The van der Waals surface area contributed by atoms with Crippen LogP contribution in [-0.4, -0.2) is 65.4 Å². The van der Waals surface area contributed by atoms with Gasteiger partial charge in [-0.2, -0.15) is 0 Å². The van der Waals surface area contributed by atoms with Crippen molar-refractivity contribution in [3.8, 4) is 5.75 Å². The van der Waals surface area contributed by atoms with Crippen molar-refractivity contribution >= 4 is 29.4 Å². The molecule has 1 aromatic heterocycles. The Morgan fingerprint density at radius 2 is 1.94 bits per heavy atom. The molecule has 0 saturated carbocycles. The lowest BCUT2D eigenvalue weighted by molar-refractivity contribution is -0.131. The van der Waals surface area contributed by atoms with Crippen molar-refractivity contribution in [2.24, 2.45) is 0 Å². The fourth-order valence-electron chi connectivity index (χ4n) is 3.60. The van der Waals surface area contributed by atoms with Gasteiger partial charge in [0.25, 0.3) is 0 Å². The van der Waals surface area contributed by atoms with Gasteiger partial charge in [0, 0.05) is 61.5 Å². The molecule has 2 aromatic rings. The van der Waals surface area contributed by atoms with Gasteiger partial charge >= 0.3 is 12.1 Å². The van der Waals surface area contributed by atoms with Crippen molar-refractivity contribution in [1.82, 2.24) is 14.8 Å². The Balaban J connectivity index is 1.19. The van der Waals surface area contributed by atoms with Crippen LogP contribution < -0.4 is 4.74 Å². The fourth-order valence-corrected chi connectivity index (χ4v) is 3.78. The monoisotopic (exact) mass is 443 g/mol. The van der Waals surface area contributed by atoms with Crippen LogP contribution in [0.25, 0.3) is 0 Å². The minimum absolute atomic E-state index is 0.00149. The van der Waals surface area contributed by atoms with Crippen molar-refractivity contribution in [3.05, 3.63) is 58.4 Å². The average molecular weight is 444 g/mol. The lowest BCUT2D eigenvalue weighted by Crippen LogP contribution is -2.49. The van der Waals surface area contributed by atoms with Crippen LogP contribution in [0.3, 0.4) is 0 Å². The van der Waals surface area contributed by atoms with Crippen molar-refractivity contribution in [1.29, 1.82) is 0 Å². The molecule has 0 spiro atoms. The van der Waals surface area contributed by atoms with Gasteiger partial charge in [-0.15, -0.1) is 0 Å². The number of aromatic nitrogens is 1. The first-order valence-electron chi connectivity index (χ1n) is 10.1. The molecule has 0 atom stereocenters. The van der Waals surface area contributed by atoms with E-state index in [2.05, 4.69) is 9.88 Å². The van der Waals surface area contributed by atoms with E-state index in [9.17, 15) is 14.4 Å². The molecule has 8 nitrogen and oxygen atoms in total. The second-order valence-electron chi connectivity index (χ2n) is 7.50. The number of piperazine rings is 1. The van der Waals surface area contributed by atoms with Gasteiger partial charge < -0.3 is 14.4 Å². The summed E-state index contributed by atoms with van der Waals surface area (Å²) in [4.78, 5) is 44.0. The van der Waals surface area contributed by atoms with E-state index in [-0.39, 0.29) is 30.9 Å². The number of esters is 1. The molecular weight excluding hydrogens is 422 g/mol. The summed E-state index contributed by atoms with van der Waals surface area (Å²) in [7, 11) is 0. The molecule has 9 heteroatoms. The number of benzene rings is 1. The first-order valence-corrected chi connectivity index (χ1v) is 10.5. The summed E-state index contributed by atoms with van der Waals surface area (Å²) >= 11 is 5.91. The number of Topliss-reactive ketones (excluding diaryl/α,β-unsaturated/α-hetero) is 1. The number of hydrogen-bond donors (Lipinski definition) is 0. The summed E-state index contributed by atoms with van der Waals surface area (Å²) in [6, 6.07) is 8.48. The number of halogens is 1. The normalized spacial score (nSPS) is 16.0. The molecular formula is C22H22ClN3O5. The van der Waals surface area contributed by atoms with E-state index in [0.717, 1.165) is 5.56 Å². The zero-order valence-corrected chi connectivity index (χ0v) is 17.6. The predicted octanol–water partition coefficient (Wildman–Crippen LogP) is 2.72. The highest BCUT2D eigenvalue weighted by Gasteiger charge is 2.24. The van der Waals surface area contributed by atoms with E-state index in [0.29, 0.717) is 61.2 Å². The van der Waals surface area contributed by atoms with E-state index in [1.54, 1.807) is 41.4 Å². The second kappa shape index (κ2) is 9.45. The van der Waals surface area contributed by atoms with Crippen LogP contribution >= 0.6 is 11.6 Å². The number of amides is 1. The van der Waals surface area contributed by atoms with Gasteiger partial charge in [0.2, 0.25) is 0 Å². The minimum Gasteiger partial charge on any atom is -0.443 e. The van der Waals surface area contributed by atoms with Crippen LogP contribution in [0.15, 0.2) is 36.5 Å². The van der Waals surface area contributed by atoms with Crippen LogP contribution in [0, 0.1) is 0 Å². The summed E-state index contributed by atoms with van der Waals surface area (Å²) in [6.07, 6.45) is 1.80. The zero-order valence-electron chi connectivity index (χ0n) is 16.9. The van der Waals surface area contributed by atoms with Gasteiger partial charge in [-0.3, -0.25) is 19.5 Å². The maximum Gasteiger partial charge on any atom is 0.410 e. The summed E-state index contributed by atoms with van der Waals surface area (Å²) in [5.74, 6) is 0.192. The second-order valence-corrected chi connectivity index (χ2v) is 7.93. The molecule has 1 aromatic carbocycles. The number of carbonyl (C=O) groups is 3. The number of pyridine rings is 1. The summed E-state index contributed by atoms with van der Waals surface area (Å²) in [5, 5.41) is 0.546. The van der Waals surface area contributed by atoms with Crippen molar-refractivity contribution in [3.63, 3.8) is 0 Å². The molecule has 3 heterocycles. The first-order chi connectivity index (χ1) is 15.0. The molecule has 0 unspecified atom stereocenters. The molecule has 31 heavy (non-hydrogen) atoms. The maximum absolute atomic E-state index is 12.5. The first kappa shape index (κ1) is 21.3. The molecule has 2 aliphatic heterocycles. The number of nitrogens with zero attached hydrogens (tertiary/aromatic N) is 3. The summed E-state index contributed by atoms with van der Waals surface area (Å²) < 4.78 is 10.4. The van der Waals surface area contributed by atoms with Crippen LogP contribution in [-0.2, 0) is 22.6 Å². The van der Waals surface area contributed by atoms with E-state index in [1.807, 2.05) is 0 Å². The third-order valence-electron chi connectivity index (χ3n) is 5.36. The molecule has 2 aliphatic rings. The lowest BCUT2D eigenvalue weighted by atomic mass is 10.0. The third-order valence-corrected chi connectivity index (χ3v) is 5.59. The molecule has 0 bridgehead atoms. The van der Waals surface area contributed by atoms with E-state index in [1.165, 1.54) is 0 Å². The number of ketones is 1. The lowest BCUT2D eigenvalue weighted by Gasteiger charge is -2.33. The molecule has 1 saturated heterocycles. The number of hydrogen-bond acceptors (Lipinski definition) is 7. The highest BCUT2D eigenvalue weighted by atomic mass is 35.5. The quantitative estimate of drug-likeness (QED) is 0.385. The van der Waals surface area contributed by atoms with Crippen LogP contribution in [0.5, 0.6) is 5.75 Å². The van der Waals surface area contributed by atoms with Crippen LogP contribution in [0.1, 0.15) is 28.0 Å². The minimum atomic E-state index is -0.384. The zero-order chi connectivity index (χ0) is 21.8. The van der Waals surface area contributed by atoms with Crippen LogP contribution in [0.4, 0.5) is 4.79 Å². The molecule has 0 N–H and O–H groups in total. The van der Waals surface area contributed by atoms with E-state index in [4.69, 9.17) is 21.1 Å². The van der Waals surface area contributed by atoms with Crippen molar-refractivity contribution in [2.45, 2.75) is 19.4 Å². The highest BCUT2D eigenvalue weighted by molar-refractivity contribution is 6.30. The summed E-state index contributed by atoms with van der Waals surface area (Å²) in [5.41, 5.74) is 1.96. The van der Waals surface area contributed by atoms with Crippen molar-refractivity contribution in [2.75, 3.05) is 32.7 Å². The maximum atomic E-state index is 12.5. The Morgan fingerprint density at radius 3 is 2.71 bits per heavy atom. The SMILES string of the molecule is O=C1Cc2ccc(C(=O)CCN3CCN(C(=O)OCc4cc(Cl)ccn4)CC3)cc2O1.